The number of nitrogens with two attached hydrogens (primary N) is 2. The van der Waals surface area contributed by atoms with Gasteiger partial charge in [-0.25, -0.2) is 4.98 Å². The number of primary amides is 1. The van der Waals surface area contributed by atoms with E-state index in [4.69, 9.17) is 11.5 Å². The average molecular weight is 320 g/mol. The smallest absolute Gasteiger partial charge is 0.223 e. The number of rotatable bonds is 6. The monoisotopic (exact) mass is 320 g/mol. The maximum atomic E-state index is 11.5. The first kappa shape index (κ1) is 15.8. The number of amides is 1. The van der Waals surface area contributed by atoms with Gasteiger partial charge in [-0.1, -0.05) is 42.5 Å². The van der Waals surface area contributed by atoms with E-state index in [0.29, 0.717) is 18.7 Å². The van der Waals surface area contributed by atoms with Crippen LogP contribution in [0.1, 0.15) is 22.5 Å². The summed E-state index contributed by atoms with van der Waals surface area (Å²) in [4.78, 5) is 16.0. The summed E-state index contributed by atoms with van der Waals surface area (Å²) in [6.07, 6.45) is 2.61. The van der Waals surface area contributed by atoms with Crippen LogP contribution in [-0.4, -0.2) is 15.5 Å². The number of anilines is 1. The van der Waals surface area contributed by atoms with E-state index in [9.17, 15) is 4.79 Å². The number of carbonyl (C=O) groups is 1. The second kappa shape index (κ2) is 7.00. The van der Waals surface area contributed by atoms with Gasteiger partial charge in [0.05, 0.1) is 24.1 Å². The third-order valence-electron chi connectivity index (χ3n) is 3.89. The van der Waals surface area contributed by atoms with Gasteiger partial charge in [-0.2, -0.15) is 0 Å². The largest absolute Gasteiger partial charge is 0.399 e. The van der Waals surface area contributed by atoms with E-state index in [0.717, 1.165) is 22.5 Å². The van der Waals surface area contributed by atoms with E-state index in [1.54, 1.807) is 6.33 Å². The van der Waals surface area contributed by atoms with E-state index in [1.807, 2.05) is 59.2 Å². The maximum absolute atomic E-state index is 11.5. The molecule has 0 aliphatic rings. The van der Waals surface area contributed by atoms with Crippen LogP contribution in [0.3, 0.4) is 0 Å². The Bertz CT molecular complexity index is 840. The number of carbonyl (C=O) groups excluding carboxylic acids is 1. The van der Waals surface area contributed by atoms with Gasteiger partial charge in [-0.05, 0) is 23.3 Å². The van der Waals surface area contributed by atoms with Crippen molar-refractivity contribution in [1.29, 1.82) is 0 Å². The number of aromatic nitrogens is 2. The molecule has 3 rings (SSSR count). The number of nitrogens with zero attached hydrogens (tertiary/aromatic N) is 2. The Balaban J connectivity index is 1.90. The summed E-state index contributed by atoms with van der Waals surface area (Å²) in [6, 6.07) is 17.7. The topological polar surface area (TPSA) is 86.9 Å². The van der Waals surface area contributed by atoms with Crippen LogP contribution < -0.4 is 11.5 Å². The standard InChI is InChI=1S/C19H20N4O/c20-16-8-4-7-15(9-16)12-23-13-22-17(18(23)11-19(21)24)10-14-5-2-1-3-6-14/h1-9,13H,10-12,20H2,(H2,21,24). The number of benzene rings is 2. The van der Waals surface area contributed by atoms with Crippen molar-refractivity contribution < 1.29 is 4.79 Å². The molecule has 0 spiro atoms. The maximum Gasteiger partial charge on any atom is 0.223 e. The predicted octanol–water partition coefficient (Wildman–Crippen LogP) is 2.13. The Hall–Kier alpha value is -3.08. The van der Waals surface area contributed by atoms with Gasteiger partial charge in [0.2, 0.25) is 5.91 Å². The fraction of sp³-hybridized carbons (Fsp3) is 0.158. The molecule has 0 bridgehead atoms. The van der Waals surface area contributed by atoms with Gasteiger partial charge in [-0.3, -0.25) is 4.79 Å². The van der Waals surface area contributed by atoms with Gasteiger partial charge in [0.25, 0.3) is 0 Å². The molecule has 0 radical (unpaired) electrons. The summed E-state index contributed by atoms with van der Waals surface area (Å²) in [6.45, 7) is 0.607. The molecule has 1 amide bonds. The number of hydrogen-bond donors (Lipinski definition) is 2. The van der Waals surface area contributed by atoms with Gasteiger partial charge in [-0.15, -0.1) is 0 Å². The molecule has 4 N–H and O–H groups in total. The molecule has 0 aliphatic heterocycles. The molecule has 24 heavy (non-hydrogen) atoms. The number of hydrogen-bond acceptors (Lipinski definition) is 3. The SMILES string of the molecule is NC(=O)Cc1c(Cc2ccccc2)ncn1Cc1cccc(N)c1. The van der Waals surface area contributed by atoms with Crippen LogP contribution in [0.25, 0.3) is 0 Å². The average Bonchev–Trinajstić information content (AvgIpc) is 2.90. The van der Waals surface area contributed by atoms with E-state index < -0.39 is 0 Å². The Labute approximate surface area is 140 Å². The van der Waals surface area contributed by atoms with Crippen molar-refractivity contribution in [2.45, 2.75) is 19.4 Å². The predicted molar refractivity (Wildman–Crippen MR) is 94.3 cm³/mol. The molecule has 1 aromatic heterocycles. The van der Waals surface area contributed by atoms with E-state index in [1.165, 1.54) is 0 Å². The Morgan fingerprint density at radius 1 is 1.04 bits per heavy atom. The van der Waals surface area contributed by atoms with Gasteiger partial charge in [0.15, 0.2) is 0 Å². The lowest BCUT2D eigenvalue weighted by molar-refractivity contribution is -0.117. The normalized spacial score (nSPS) is 10.7. The summed E-state index contributed by atoms with van der Waals surface area (Å²) >= 11 is 0. The zero-order chi connectivity index (χ0) is 16.9. The second-order valence-electron chi connectivity index (χ2n) is 5.82. The molecule has 5 heteroatoms. The first-order valence-corrected chi connectivity index (χ1v) is 7.81. The van der Waals surface area contributed by atoms with Crippen molar-refractivity contribution >= 4 is 11.6 Å². The van der Waals surface area contributed by atoms with Crippen molar-refractivity contribution in [3.63, 3.8) is 0 Å². The van der Waals surface area contributed by atoms with Crippen molar-refractivity contribution in [3.8, 4) is 0 Å². The zero-order valence-electron chi connectivity index (χ0n) is 13.4. The lowest BCUT2D eigenvalue weighted by Gasteiger charge is -2.10. The minimum absolute atomic E-state index is 0.171. The third-order valence-corrected chi connectivity index (χ3v) is 3.89. The molecule has 0 aliphatic carbocycles. The van der Waals surface area contributed by atoms with Crippen molar-refractivity contribution in [2.24, 2.45) is 5.73 Å². The Kier molecular flexibility index (Phi) is 4.61. The zero-order valence-corrected chi connectivity index (χ0v) is 13.4. The molecule has 1 heterocycles. The summed E-state index contributed by atoms with van der Waals surface area (Å²) in [5, 5.41) is 0. The highest BCUT2D eigenvalue weighted by molar-refractivity contribution is 5.76. The first-order valence-electron chi connectivity index (χ1n) is 7.81. The van der Waals surface area contributed by atoms with Crippen LogP contribution in [-0.2, 0) is 24.2 Å². The Morgan fingerprint density at radius 3 is 2.50 bits per heavy atom. The summed E-state index contributed by atoms with van der Waals surface area (Å²) in [5.74, 6) is -0.362. The fourth-order valence-electron chi connectivity index (χ4n) is 2.78. The molecule has 5 nitrogen and oxygen atoms in total. The highest BCUT2D eigenvalue weighted by Crippen LogP contribution is 2.17. The van der Waals surface area contributed by atoms with Gasteiger partial charge < -0.3 is 16.0 Å². The van der Waals surface area contributed by atoms with E-state index in [2.05, 4.69) is 4.98 Å². The van der Waals surface area contributed by atoms with Gasteiger partial charge in [0.1, 0.15) is 0 Å². The molecule has 0 unspecified atom stereocenters. The van der Waals surface area contributed by atoms with Crippen LogP contribution in [0.5, 0.6) is 0 Å². The van der Waals surface area contributed by atoms with Crippen molar-refractivity contribution in [2.75, 3.05) is 5.73 Å². The molecule has 3 aromatic rings. The van der Waals surface area contributed by atoms with Crippen LogP contribution in [0, 0.1) is 0 Å². The lowest BCUT2D eigenvalue weighted by Crippen LogP contribution is -2.18. The van der Waals surface area contributed by atoms with Crippen LogP contribution in [0.15, 0.2) is 60.9 Å². The quantitative estimate of drug-likeness (QED) is 0.682. The molecule has 0 saturated heterocycles. The highest BCUT2D eigenvalue weighted by Gasteiger charge is 2.14. The van der Waals surface area contributed by atoms with Crippen LogP contribution in [0.4, 0.5) is 5.69 Å². The summed E-state index contributed by atoms with van der Waals surface area (Å²) < 4.78 is 1.97. The molecular weight excluding hydrogens is 300 g/mol. The molecule has 122 valence electrons. The second-order valence-corrected chi connectivity index (χ2v) is 5.82. The minimum Gasteiger partial charge on any atom is -0.399 e. The summed E-state index contributed by atoms with van der Waals surface area (Å²) in [5.41, 5.74) is 15.9. The molecule has 0 atom stereocenters. The van der Waals surface area contributed by atoms with Crippen molar-refractivity contribution in [3.05, 3.63) is 83.4 Å². The number of nitrogen functional groups attached to an aromatic ring is 1. The summed E-state index contributed by atoms with van der Waals surface area (Å²) in [7, 11) is 0. The van der Waals surface area contributed by atoms with E-state index >= 15 is 0 Å². The van der Waals surface area contributed by atoms with Crippen LogP contribution in [0.2, 0.25) is 0 Å². The molecule has 0 saturated carbocycles. The van der Waals surface area contributed by atoms with Gasteiger partial charge >= 0.3 is 0 Å². The van der Waals surface area contributed by atoms with E-state index in [-0.39, 0.29) is 12.3 Å². The van der Waals surface area contributed by atoms with Crippen molar-refractivity contribution in [1.82, 2.24) is 9.55 Å². The number of imidazole rings is 1. The highest BCUT2D eigenvalue weighted by atomic mass is 16.1. The first-order chi connectivity index (χ1) is 11.6. The van der Waals surface area contributed by atoms with Crippen LogP contribution >= 0.6 is 0 Å². The minimum atomic E-state index is -0.362. The Morgan fingerprint density at radius 2 is 1.79 bits per heavy atom. The third kappa shape index (κ3) is 3.81. The molecular formula is C19H20N4O. The fourth-order valence-corrected chi connectivity index (χ4v) is 2.78. The lowest BCUT2D eigenvalue weighted by atomic mass is 10.1. The van der Waals surface area contributed by atoms with Gasteiger partial charge in [0, 0.05) is 18.7 Å². The molecule has 2 aromatic carbocycles. The molecule has 0 fully saturated rings.